The minimum absolute atomic E-state index is 0.00191. The number of hydrogen-bond acceptors (Lipinski definition) is 5. The van der Waals surface area contributed by atoms with Crippen molar-refractivity contribution >= 4 is 11.6 Å². The Labute approximate surface area is 124 Å². The van der Waals surface area contributed by atoms with Crippen LogP contribution in [0.5, 0.6) is 0 Å². The van der Waals surface area contributed by atoms with Gasteiger partial charge in [-0.25, -0.2) is 0 Å². The number of methoxy groups -OCH3 is 1. The van der Waals surface area contributed by atoms with Crippen molar-refractivity contribution in [1.82, 2.24) is 0 Å². The molecule has 0 aliphatic heterocycles. The van der Waals surface area contributed by atoms with Crippen LogP contribution >= 0.6 is 0 Å². The number of anilines is 1. The van der Waals surface area contributed by atoms with Crippen LogP contribution < -0.4 is 5.32 Å². The van der Waals surface area contributed by atoms with E-state index in [1.54, 1.807) is 31.4 Å². The topological polar surface area (TPSA) is 80.6 Å². The van der Waals surface area contributed by atoms with Crippen molar-refractivity contribution in [2.45, 2.75) is 6.42 Å². The summed E-state index contributed by atoms with van der Waals surface area (Å²) in [5.41, 5.74) is 1.20. The van der Waals surface area contributed by atoms with E-state index in [9.17, 15) is 4.79 Å². The number of carbonyl (C=O) groups is 1. The molecule has 0 saturated carbocycles. The van der Waals surface area contributed by atoms with Crippen LogP contribution in [0, 0.1) is 11.3 Å². The van der Waals surface area contributed by atoms with Crippen LogP contribution in [0.2, 0.25) is 0 Å². The molecule has 6 nitrogen and oxygen atoms in total. The van der Waals surface area contributed by atoms with Crippen LogP contribution in [0.4, 0.5) is 5.69 Å². The van der Waals surface area contributed by atoms with E-state index in [0.717, 1.165) is 6.42 Å². The average molecular weight is 292 g/mol. The number of nitriles is 1. The Morgan fingerprint density at radius 1 is 1.14 bits per heavy atom. The van der Waals surface area contributed by atoms with E-state index in [4.69, 9.17) is 19.5 Å². The van der Waals surface area contributed by atoms with Gasteiger partial charge in [0.25, 0.3) is 0 Å². The summed E-state index contributed by atoms with van der Waals surface area (Å²) in [7, 11) is 1.62. The van der Waals surface area contributed by atoms with Gasteiger partial charge in [-0.05, 0) is 30.7 Å². The van der Waals surface area contributed by atoms with Gasteiger partial charge in [-0.3, -0.25) is 4.79 Å². The lowest BCUT2D eigenvalue weighted by Gasteiger charge is -2.07. The molecule has 0 atom stereocenters. The average Bonchev–Trinajstić information content (AvgIpc) is 2.50. The van der Waals surface area contributed by atoms with Gasteiger partial charge in [0.2, 0.25) is 5.91 Å². The number of nitrogens with zero attached hydrogens (tertiary/aromatic N) is 1. The largest absolute Gasteiger partial charge is 0.382 e. The molecule has 0 radical (unpaired) electrons. The molecule has 1 rings (SSSR count). The molecule has 1 N–H and O–H groups in total. The van der Waals surface area contributed by atoms with Crippen LogP contribution in [0.25, 0.3) is 0 Å². The predicted octanol–water partition coefficient (Wildman–Crippen LogP) is 1.57. The first-order valence-corrected chi connectivity index (χ1v) is 6.70. The highest BCUT2D eigenvalue weighted by atomic mass is 16.5. The van der Waals surface area contributed by atoms with Crippen LogP contribution in [0.3, 0.4) is 0 Å². The van der Waals surface area contributed by atoms with Crippen LogP contribution in [-0.2, 0) is 19.0 Å². The summed E-state index contributed by atoms with van der Waals surface area (Å²) in [4.78, 5) is 11.6. The Bertz CT molecular complexity index is 454. The third-order valence-corrected chi connectivity index (χ3v) is 2.54. The number of benzene rings is 1. The molecule has 6 heteroatoms. The zero-order chi connectivity index (χ0) is 15.3. The summed E-state index contributed by atoms with van der Waals surface area (Å²) in [6.07, 6.45) is 0.730. The summed E-state index contributed by atoms with van der Waals surface area (Å²) in [6.45, 7) is 2.19. The molecule has 114 valence electrons. The van der Waals surface area contributed by atoms with Gasteiger partial charge < -0.3 is 19.5 Å². The van der Waals surface area contributed by atoms with Gasteiger partial charge in [-0.2, -0.15) is 5.26 Å². The normalized spacial score (nSPS) is 10.1. The third kappa shape index (κ3) is 8.05. The molecule has 0 aliphatic rings. The molecule has 0 aliphatic carbocycles. The van der Waals surface area contributed by atoms with E-state index in [1.165, 1.54) is 0 Å². The molecule has 0 bridgehead atoms. The van der Waals surface area contributed by atoms with E-state index in [-0.39, 0.29) is 12.5 Å². The second kappa shape index (κ2) is 10.8. The summed E-state index contributed by atoms with van der Waals surface area (Å²) >= 11 is 0. The molecule has 0 heterocycles. The quantitative estimate of drug-likeness (QED) is 0.662. The third-order valence-electron chi connectivity index (χ3n) is 2.54. The van der Waals surface area contributed by atoms with Crippen molar-refractivity contribution in [1.29, 1.82) is 5.26 Å². The number of hydrogen-bond donors (Lipinski definition) is 1. The molecule has 1 aromatic carbocycles. The van der Waals surface area contributed by atoms with E-state index in [0.29, 0.717) is 37.7 Å². The molecule has 21 heavy (non-hydrogen) atoms. The van der Waals surface area contributed by atoms with Crippen LogP contribution in [0.1, 0.15) is 12.0 Å². The lowest BCUT2D eigenvalue weighted by atomic mass is 10.2. The molecule has 0 unspecified atom stereocenters. The fraction of sp³-hybridized carbons (Fsp3) is 0.467. The van der Waals surface area contributed by atoms with Crippen molar-refractivity contribution in [2.75, 3.05) is 45.5 Å². The Balaban J connectivity index is 2.07. The second-order valence-electron chi connectivity index (χ2n) is 4.25. The standard InChI is InChI=1S/C15H20N2O4/c1-19-9-10-20-7-2-8-21-12-15(18)17-14-5-3-13(11-16)4-6-14/h3-6H,2,7-10,12H2,1H3,(H,17,18). The number of nitrogens with one attached hydrogen (secondary N) is 1. The number of ether oxygens (including phenoxy) is 3. The van der Waals surface area contributed by atoms with Crippen molar-refractivity contribution in [3.63, 3.8) is 0 Å². The zero-order valence-electron chi connectivity index (χ0n) is 12.1. The molecule has 0 fully saturated rings. The first kappa shape index (κ1) is 17.1. The first-order valence-electron chi connectivity index (χ1n) is 6.70. The van der Waals surface area contributed by atoms with Gasteiger partial charge in [0, 0.05) is 26.0 Å². The number of carbonyl (C=O) groups excluding carboxylic acids is 1. The Kier molecular flexibility index (Phi) is 8.80. The van der Waals surface area contributed by atoms with Gasteiger partial charge in [0.1, 0.15) is 6.61 Å². The van der Waals surface area contributed by atoms with Crippen LogP contribution in [-0.4, -0.2) is 46.1 Å². The molecular weight excluding hydrogens is 272 g/mol. The fourth-order valence-electron chi connectivity index (χ4n) is 1.50. The van der Waals surface area contributed by atoms with Crippen LogP contribution in [0.15, 0.2) is 24.3 Å². The van der Waals surface area contributed by atoms with Gasteiger partial charge in [-0.15, -0.1) is 0 Å². The summed E-state index contributed by atoms with van der Waals surface area (Å²) in [5.74, 6) is -0.222. The molecule has 0 aromatic heterocycles. The molecule has 0 spiro atoms. The van der Waals surface area contributed by atoms with E-state index >= 15 is 0 Å². The second-order valence-corrected chi connectivity index (χ2v) is 4.25. The first-order chi connectivity index (χ1) is 10.3. The maximum atomic E-state index is 11.6. The predicted molar refractivity (Wildman–Crippen MR) is 77.9 cm³/mol. The minimum atomic E-state index is -0.222. The lowest BCUT2D eigenvalue weighted by Crippen LogP contribution is -2.19. The van der Waals surface area contributed by atoms with Crippen molar-refractivity contribution in [2.24, 2.45) is 0 Å². The monoisotopic (exact) mass is 292 g/mol. The van der Waals surface area contributed by atoms with Crippen molar-refractivity contribution < 1.29 is 19.0 Å². The lowest BCUT2D eigenvalue weighted by molar-refractivity contribution is -0.120. The molecular formula is C15H20N2O4. The Morgan fingerprint density at radius 3 is 2.52 bits per heavy atom. The minimum Gasteiger partial charge on any atom is -0.382 e. The SMILES string of the molecule is COCCOCCCOCC(=O)Nc1ccc(C#N)cc1. The molecule has 0 saturated heterocycles. The Morgan fingerprint density at radius 2 is 1.86 bits per heavy atom. The highest BCUT2D eigenvalue weighted by Gasteiger charge is 2.02. The van der Waals surface area contributed by atoms with E-state index in [1.807, 2.05) is 6.07 Å². The zero-order valence-corrected chi connectivity index (χ0v) is 12.1. The maximum Gasteiger partial charge on any atom is 0.250 e. The van der Waals surface area contributed by atoms with Gasteiger partial charge in [0.15, 0.2) is 0 Å². The van der Waals surface area contributed by atoms with Gasteiger partial charge in [0.05, 0.1) is 24.8 Å². The summed E-state index contributed by atoms with van der Waals surface area (Å²) in [6, 6.07) is 8.67. The highest BCUT2D eigenvalue weighted by Crippen LogP contribution is 2.08. The van der Waals surface area contributed by atoms with Crippen molar-refractivity contribution in [3.8, 4) is 6.07 Å². The maximum absolute atomic E-state index is 11.6. The molecule has 1 amide bonds. The van der Waals surface area contributed by atoms with Crippen molar-refractivity contribution in [3.05, 3.63) is 29.8 Å². The molecule has 1 aromatic rings. The number of amides is 1. The van der Waals surface area contributed by atoms with Gasteiger partial charge >= 0.3 is 0 Å². The van der Waals surface area contributed by atoms with E-state index in [2.05, 4.69) is 5.32 Å². The highest BCUT2D eigenvalue weighted by molar-refractivity contribution is 5.91. The van der Waals surface area contributed by atoms with E-state index < -0.39 is 0 Å². The van der Waals surface area contributed by atoms with Gasteiger partial charge in [-0.1, -0.05) is 0 Å². The smallest absolute Gasteiger partial charge is 0.250 e. The number of rotatable bonds is 10. The summed E-state index contributed by atoms with van der Waals surface area (Å²) < 4.78 is 15.4. The fourth-order valence-corrected chi connectivity index (χ4v) is 1.50. The Hall–Kier alpha value is -1.94. The summed E-state index contributed by atoms with van der Waals surface area (Å²) in [5, 5.41) is 11.4.